The number of thioether (sulfide) groups is 1. The predicted octanol–water partition coefficient (Wildman–Crippen LogP) is 2.77. The van der Waals surface area contributed by atoms with Gasteiger partial charge in [0, 0.05) is 29.4 Å². The molecule has 2 atom stereocenters. The summed E-state index contributed by atoms with van der Waals surface area (Å²) in [5.74, 6) is -1.26. The number of Topliss-reactive ketones (excluding diaryl/α,β-unsaturated/α-hetero) is 1. The van der Waals surface area contributed by atoms with Crippen molar-refractivity contribution >= 4 is 29.4 Å². The number of carboxylic acid groups (broad SMARTS) is 1. The van der Waals surface area contributed by atoms with E-state index >= 15 is 0 Å². The number of hydrogen-bond acceptors (Lipinski definition) is 6. The Morgan fingerprint density at radius 2 is 1.94 bits per heavy atom. The third kappa shape index (κ3) is 6.30. The van der Waals surface area contributed by atoms with Crippen molar-refractivity contribution in [2.75, 3.05) is 12.0 Å². The predicted molar refractivity (Wildman–Crippen MR) is 128 cm³/mol. The second-order valence-corrected chi connectivity index (χ2v) is 8.51. The van der Waals surface area contributed by atoms with E-state index in [0.717, 1.165) is 11.3 Å². The van der Waals surface area contributed by atoms with Crippen LogP contribution in [0.4, 0.5) is 0 Å². The molecule has 0 aliphatic carbocycles. The molecule has 0 radical (unpaired) electrons. The molecule has 2 aromatic carbocycles. The first kappa shape index (κ1) is 24.2. The van der Waals surface area contributed by atoms with Crippen molar-refractivity contribution in [3.8, 4) is 11.1 Å². The lowest BCUT2D eigenvalue weighted by Crippen LogP contribution is -2.41. The Hall–Kier alpha value is -3.43. The Balaban J connectivity index is 1.91. The number of hydrogen-bond donors (Lipinski definition) is 4. The second-order valence-electron chi connectivity index (χ2n) is 7.52. The van der Waals surface area contributed by atoms with Crippen LogP contribution in [0.1, 0.15) is 32.8 Å². The Morgan fingerprint density at radius 3 is 2.58 bits per heavy atom. The molecule has 1 heterocycles. The zero-order valence-corrected chi connectivity index (χ0v) is 19.0. The number of aromatic amines is 1. The normalized spacial score (nSPS) is 12.7. The first-order valence-corrected chi connectivity index (χ1v) is 11.8. The van der Waals surface area contributed by atoms with Crippen molar-refractivity contribution in [1.29, 1.82) is 0 Å². The number of nitrogens with two attached hydrogens (primary N) is 1. The fraction of sp³-hybridized carbons (Fsp3) is 0.250. The van der Waals surface area contributed by atoms with Gasteiger partial charge in [-0.1, -0.05) is 36.4 Å². The molecule has 9 heteroatoms. The van der Waals surface area contributed by atoms with Gasteiger partial charge in [-0.3, -0.25) is 9.59 Å². The number of carbonyl (C=O) groups is 3. The van der Waals surface area contributed by atoms with Gasteiger partial charge in [0.05, 0.1) is 12.4 Å². The number of nitrogens with zero attached hydrogens (tertiary/aromatic N) is 1. The third-order valence-electron chi connectivity index (χ3n) is 5.18. The van der Waals surface area contributed by atoms with Gasteiger partial charge in [0.1, 0.15) is 6.04 Å². The van der Waals surface area contributed by atoms with Gasteiger partial charge in [0.25, 0.3) is 5.91 Å². The van der Waals surface area contributed by atoms with Crippen LogP contribution in [0.5, 0.6) is 0 Å². The van der Waals surface area contributed by atoms with Crippen LogP contribution in [-0.2, 0) is 11.2 Å². The van der Waals surface area contributed by atoms with E-state index in [2.05, 4.69) is 15.3 Å². The van der Waals surface area contributed by atoms with Crippen molar-refractivity contribution in [2.45, 2.75) is 24.9 Å². The molecule has 0 fully saturated rings. The van der Waals surface area contributed by atoms with E-state index in [1.54, 1.807) is 24.4 Å². The molecule has 5 N–H and O–H groups in total. The number of amides is 1. The Morgan fingerprint density at radius 1 is 1.18 bits per heavy atom. The summed E-state index contributed by atoms with van der Waals surface area (Å²) in [4.78, 5) is 44.5. The number of rotatable bonds is 11. The molecule has 3 rings (SSSR count). The minimum atomic E-state index is -1.09. The summed E-state index contributed by atoms with van der Waals surface area (Å²) in [5, 5.41) is 12.1. The molecule has 0 aliphatic rings. The van der Waals surface area contributed by atoms with E-state index in [1.165, 1.54) is 18.1 Å². The maximum atomic E-state index is 13.0. The number of H-pyrrole nitrogens is 1. The topological polar surface area (TPSA) is 138 Å². The van der Waals surface area contributed by atoms with Crippen molar-refractivity contribution in [1.82, 2.24) is 15.3 Å². The van der Waals surface area contributed by atoms with Gasteiger partial charge in [0.2, 0.25) is 0 Å². The second kappa shape index (κ2) is 11.4. The van der Waals surface area contributed by atoms with Crippen LogP contribution in [0.2, 0.25) is 0 Å². The quantitative estimate of drug-likeness (QED) is 0.319. The van der Waals surface area contributed by atoms with Crippen molar-refractivity contribution in [2.24, 2.45) is 5.73 Å². The van der Waals surface area contributed by atoms with Crippen LogP contribution in [-0.4, -0.2) is 56.8 Å². The highest BCUT2D eigenvalue weighted by atomic mass is 32.2. The average Bonchev–Trinajstić information content (AvgIpc) is 3.34. The summed E-state index contributed by atoms with van der Waals surface area (Å²) in [7, 11) is 0. The van der Waals surface area contributed by atoms with E-state index in [0.29, 0.717) is 29.7 Å². The minimum Gasteiger partial charge on any atom is -0.480 e. The van der Waals surface area contributed by atoms with E-state index in [9.17, 15) is 19.5 Å². The van der Waals surface area contributed by atoms with E-state index < -0.39 is 24.0 Å². The van der Waals surface area contributed by atoms with Crippen molar-refractivity contribution in [3.05, 3.63) is 77.9 Å². The van der Waals surface area contributed by atoms with Crippen LogP contribution < -0.4 is 11.1 Å². The highest BCUT2D eigenvalue weighted by Gasteiger charge is 2.24. The summed E-state index contributed by atoms with van der Waals surface area (Å²) in [5.41, 5.74) is 8.80. The molecule has 8 nitrogen and oxygen atoms in total. The Bertz CT molecular complexity index is 1100. The number of benzene rings is 2. The number of nitrogens with one attached hydrogen (secondary N) is 2. The van der Waals surface area contributed by atoms with Gasteiger partial charge < -0.3 is 21.1 Å². The first-order chi connectivity index (χ1) is 15.9. The van der Waals surface area contributed by atoms with Gasteiger partial charge in [-0.2, -0.15) is 11.8 Å². The smallest absolute Gasteiger partial charge is 0.326 e. The highest BCUT2D eigenvalue weighted by Crippen LogP contribution is 2.26. The van der Waals surface area contributed by atoms with Crippen molar-refractivity contribution in [3.63, 3.8) is 0 Å². The minimum absolute atomic E-state index is 0.267. The average molecular weight is 467 g/mol. The zero-order chi connectivity index (χ0) is 23.8. The molecule has 172 valence electrons. The molecule has 0 saturated heterocycles. The number of carbonyl (C=O) groups excluding carboxylic acids is 2. The standard InChI is InChI=1S/C24H26N4O4S/c1-33-10-9-21(24(31)32)28-23(30)18-8-7-16(11-19(18)15-5-3-2-4-6-15)22(29)20(25)12-17-13-26-14-27-17/h2-8,11,13-14,20-21H,9-10,12,25H2,1H3,(H,26,27)(H,28,30)(H,31,32)/t20-,21-/m0/s1. The molecule has 0 saturated carbocycles. The summed E-state index contributed by atoms with van der Waals surface area (Å²) >= 11 is 1.51. The maximum Gasteiger partial charge on any atom is 0.326 e. The largest absolute Gasteiger partial charge is 0.480 e. The maximum absolute atomic E-state index is 13.0. The molecule has 3 aromatic rings. The van der Waals surface area contributed by atoms with Crippen LogP contribution in [0.15, 0.2) is 61.1 Å². The van der Waals surface area contributed by atoms with Gasteiger partial charge in [-0.25, -0.2) is 9.78 Å². The number of aromatic nitrogens is 2. The third-order valence-corrected chi connectivity index (χ3v) is 5.82. The number of carboxylic acids is 1. The van der Waals surface area contributed by atoms with E-state index in [-0.39, 0.29) is 11.3 Å². The number of imidazole rings is 1. The lowest BCUT2D eigenvalue weighted by molar-refractivity contribution is -0.139. The first-order valence-electron chi connectivity index (χ1n) is 10.4. The van der Waals surface area contributed by atoms with Crippen LogP contribution in [0, 0.1) is 0 Å². The van der Waals surface area contributed by atoms with Gasteiger partial charge in [-0.05, 0) is 41.7 Å². The lowest BCUT2D eigenvalue weighted by Gasteiger charge is -2.17. The lowest BCUT2D eigenvalue weighted by atomic mass is 9.93. The van der Waals surface area contributed by atoms with E-state index in [4.69, 9.17) is 5.73 Å². The summed E-state index contributed by atoms with van der Waals surface area (Å²) in [6, 6.07) is 12.1. The summed E-state index contributed by atoms with van der Waals surface area (Å²) in [6.45, 7) is 0. The SMILES string of the molecule is CSCC[C@H](NC(=O)c1ccc(C(=O)[C@@H](N)Cc2cnc[nH]2)cc1-c1ccccc1)C(=O)O. The van der Waals surface area contributed by atoms with Crippen LogP contribution in [0.3, 0.4) is 0 Å². The molecule has 33 heavy (non-hydrogen) atoms. The summed E-state index contributed by atoms with van der Waals surface area (Å²) < 4.78 is 0. The molecule has 0 unspecified atom stereocenters. The molecular formula is C24H26N4O4S. The zero-order valence-electron chi connectivity index (χ0n) is 18.2. The van der Waals surface area contributed by atoms with Gasteiger partial charge in [0.15, 0.2) is 5.78 Å². The Kier molecular flexibility index (Phi) is 8.39. The highest BCUT2D eigenvalue weighted by molar-refractivity contribution is 7.98. The number of aliphatic carboxylic acids is 1. The summed E-state index contributed by atoms with van der Waals surface area (Å²) in [6.07, 6.45) is 5.63. The van der Waals surface area contributed by atoms with Gasteiger partial charge >= 0.3 is 5.97 Å². The van der Waals surface area contributed by atoms with Crippen molar-refractivity contribution < 1.29 is 19.5 Å². The fourth-order valence-corrected chi connectivity index (χ4v) is 3.89. The molecule has 1 amide bonds. The molecule has 0 aliphatic heterocycles. The molecular weight excluding hydrogens is 440 g/mol. The fourth-order valence-electron chi connectivity index (χ4n) is 3.42. The van der Waals surface area contributed by atoms with Crippen LogP contribution in [0.25, 0.3) is 11.1 Å². The van der Waals surface area contributed by atoms with E-state index in [1.807, 2.05) is 36.6 Å². The number of ketones is 1. The molecule has 0 spiro atoms. The Labute approximate surface area is 196 Å². The monoisotopic (exact) mass is 466 g/mol. The molecule has 1 aromatic heterocycles. The molecule has 0 bridgehead atoms. The van der Waals surface area contributed by atoms with Gasteiger partial charge in [-0.15, -0.1) is 0 Å². The van der Waals surface area contributed by atoms with Crippen LogP contribution >= 0.6 is 11.8 Å².